The van der Waals surface area contributed by atoms with Crippen molar-refractivity contribution in [2.45, 2.75) is 6.42 Å². The van der Waals surface area contributed by atoms with Crippen LogP contribution in [0.25, 0.3) is 16.9 Å². The van der Waals surface area contributed by atoms with E-state index in [2.05, 4.69) is 4.98 Å². The molecule has 4 nitrogen and oxygen atoms in total. The Morgan fingerprint density at radius 1 is 1.00 bits per heavy atom. The maximum Gasteiger partial charge on any atom is 0.161 e. The summed E-state index contributed by atoms with van der Waals surface area (Å²) < 4.78 is 13.4. The van der Waals surface area contributed by atoms with E-state index >= 15 is 0 Å². The number of aromatic nitrogens is 2. The molecule has 3 aromatic rings. The molecule has 0 saturated carbocycles. The minimum atomic E-state index is 0.696. The van der Waals surface area contributed by atoms with E-state index in [0.717, 1.165) is 34.8 Å². The summed E-state index contributed by atoms with van der Waals surface area (Å²) in [6.07, 6.45) is 4.93. The molecule has 3 heterocycles. The Morgan fingerprint density at radius 2 is 1.90 bits per heavy atom. The molecule has 1 aliphatic heterocycles. The molecule has 0 N–H and O–H groups in total. The molecule has 0 spiro atoms. The molecular formula is C16H14N2O2. The summed E-state index contributed by atoms with van der Waals surface area (Å²) in [6.45, 7) is 1.41. The Labute approximate surface area is 116 Å². The van der Waals surface area contributed by atoms with Crippen molar-refractivity contribution in [2.75, 3.05) is 13.2 Å². The molecule has 0 unspecified atom stereocenters. The third-order valence-electron chi connectivity index (χ3n) is 3.41. The summed E-state index contributed by atoms with van der Waals surface area (Å²) in [5, 5.41) is 0. The van der Waals surface area contributed by atoms with E-state index in [1.165, 1.54) is 0 Å². The molecule has 0 amide bonds. The lowest BCUT2D eigenvalue weighted by Gasteiger charge is -2.07. The molecule has 0 aliphatic carbocycles. The van der Waals surface area contributed by atoms with Crippen LogP contribution in [0.5, 0.6) is 11.5 Å². The molecule has 2 aromatic heterocycles. The lowest BCUT2D eigenvalue weighted by atomic mass is 10.1. The van der Waals surface area contributed by atoms with Crippen LogP contribution in [0, 0.1) is 0 Å². The average Bonchev–Trinajstić information content (AvgIpc) is 2.78. The monoisotopic (exact) mass is 266 g/mol. The van der Waals surface area contributed by atoms with Gasteiger partial charge in [-0.25, -0.2) is 4.98 Å². The molecule has 0 fully saturated rings. The number of imidazole rings is 1. The molecule has 0 atom stereocenters. The smallest absolute Gasteiger partial charge is 0.161 e. The molecule has 1 aromatic carbocycles. The maximum absolute atomic E-state index is 5.73. The van der Waals surface area contributed by atoms with Crippen molar-refractivity contribution in [2.24, 2.45) is 0 Å². The SMILES string of the molecule is c1ccn2cc(-c3ccc4c(c3)OCCCO4)nc2c1. The Hall–Kier alpha value is -2.49. The van der Waals surface area contributed by atoms with Crippen molar-refractivity contribution in [3.63, 3.8) is 0 Å². The predicted octanol–water partition coefficient (Wildman–Crippen LogP) is 3.16. The minimum absolute atomic E-state index is 0.696. The van der Waals surface area contributed by atoms with Gasteiger partial charge in [-0.3, -0.25) is 0 Å². The van der Waals surface area contributed by atoms with Gasteiger partial charge in [0.25, 0.3) is 0 Å². The van der Waals surface area contributed by atoms with Crippen molar-refractivity contribution < 1.29 is 9.47 Å². The third-order valence-corrected chi connectivity index (χ3v) is 3.41. The third kappa shape index (κ3) is 1.90. The van der Waals surface area contributed by atoms with Crippen molar-refractivity contribution >= 4 is 5.65 Å². The summed E-state index contributed by atoms with van der Waals surface area (Å²) in [5.41, 5.74) is 2.92. The van der Waals surface area contributed by atoms with Gasteiger partial charge in [-0.2, -0.15) is 0 Å². The second-order valence-electron chi connectivity index (χ2n) is 4.80. The normalized spacial score (nSPS) is 14.2. The molecule has 20 heavy (non-hydrogen) atoms. The Kier molecular flexibility index (Phi) is 2.59. The first-order valence-corrected chi connectivity index (χ1v) is 6.74. The van der Waals surface area contributed by atoms with Gasteiger partial charge in [0.15, 0.2) is 11.5 Å². The van der Waals surface area contributed by atoms with Gasteiger partial charge in [-0.05, 0) is 30.3 Å². The van der Waals surface area contributed by atoms with E-state index in [-0.39, 0.29) is 0 Å². The quantitative estimate of drug-likeness (QED) is 0.678. The number of hydrogen-bond acceptors (Lipinski definition) is 3. The highest BCUT2D eigenvalue weighted by atomic mass is 16.5. The highest BCUT2D eigenvalue weighted by molar-refractivity contribution is 5.66. The van der Waals surface area contributed by atoms with Gasteiger partial charge in [0, 0.05) is 24.4 Å². The number of rotatable bonds is 1. The summed E-state index contributed by atoms with van der Waals surface area (Å²) in [4.78, 5) is 4.62. The zero-order valence-corrected chi connectivity index (χ0v) is 11.0. The van der Waals surface area contributed by atoms with E-state index in [4.69, 9.17) is 9.47 Å². The molecule has 1 aliphatic rings. The van der Waals surface area contributed by atoms with Crippen LogP contribution in [0.3, 0.4) is 0 Å². The summed E-state index contributed by atoms with van der Waals surface area (Å²) >= 11 is 0. The molecule has 0 radical (unpaired) electrons. The van der Waals surface area contributed by atoms with Gasteiger partial charge in [0.2, 0.25) is 0 Å². The van der Waals surface area contributed by atoms with Crippen LogP contribution >= 0.6 is 0 Å². The van der Waals surface area contributed by atoms with Crippen molar-refractivity contribution in [1.29, 1.82) is 0 Å². The molecule has 4 rings (SSSR count). The summed E-state index contributed by atoms with van der Waals surface area (Å²) in [7, 11) is 0. The van der Waals surface area contributed by atoms with Crippen molar-refractivity contribution in [1.82, 2.24) is 9.38 Å². The fourth-order valence-electron chi connectivity index (χ4n) is 2.40. The van der Waals surface area contributed by atoms with E-state index in [1.54, 1.807) is 0 Å². The largest absolute Gasteiger partial charge is 0.490 e. The first-order chi connectivity index (χ1) is 9.90. The fourth-order valence-corrected chi connectivity index (χ4v) is 2.40. The first-order valence-electron chi connectivity index (χ1n) is 6.74. The number of hydrogen-bond donors (Lipinski definition) is 0. The van der Waals surface area contributed by atoms with Gasteiger partial charge in [-0.1, -0.05) is 6.07 Å². The molecule has 0 bridgehead atoms. The van der Waals surface area contributed by atoms with E-state index < -0.39 is 0 Å². The minimum Gasteiger partial charge on any atom is -0.490 e. The molecular weight excluding hydrogens is 252 g/mol. The zero-order valence-electron chi connectivity index (χ0n) is 11.0. The van der Waals surface area contributed by atoms with Gasteiger partial charge in [0.05, 0.1) is 18.9 Å². The second kappa shape index (κ2) is 4.56. The lowest BCUT2D eigenvalue weighted by molar-refractivity contribution is 0.297. The Morgan fingerprint density at radius 3 is 2.80 bits per heavy atom. The van der Waals surface area contributed by atoms with E-state index in [9.17, 15) is 0 Å². The average molecular weight is 266 g/mol. The van der Waals surface area contributed by atoms with Gasteiger partial charge < -0.3 is 13.9 Å². The lowest BCUT2D eigenvalue weighted by Crippen LogP contribution is -1.97. The predicted molar refractivity (Wildman–Crippen MR) is 76.2 cm³/mol. The van der Waals surface area contributed by atoms with Crippen LogP contribution in [0.2, 0.25) is 0 Å². The van der Waals surface area contributed by atoms with Crippen molar-refractivity contribution in [3.05, 3.63) is 48.8 Å². The van der Waals surface area contributed by atoms with Crippen LogP contribution < -0.4 is 9.47 Å². The number of nitrogens with zero attached hydrogens (tertiary/aromatic N) is 2. The van der Waals surface area contributed by atoms with E-state index in [1.807, 2.05) is 53.2 Å². The van der Waals surface area contributed by atoms with Gasteiger partial charge >= 0.3 is 0 Å². The maximum atomic E-state index is 5.73. The highest BCUT2D eigenvalue weighted by Crippen LogP contribution is 2.33. The Balaban J connectivity index is 1.79. The molecule has 4 heteroatoms. The Bertz CT molecular complexity index is 731. The van der Waals surface area contributed by atoms with Gasteiger partial charge in [-0.15, -0.1) is 0 Å². The number of benzene rings is 1. The summed E-state index contributed by atoms with van der Waals surface area (Å²) in [5.74, 6) is 1.62. The van der Waals surface area contributed by atoms with Crippen LogP contribution in [0.1, 0.15) is 6.42 Å². The van der Waals surface area contributed by atoms with Crippen molar-refractivity contribution in [3.8, 4) is 22.8 Å². The van der Waals surface area contributed by atoms with Crippen LogP contribution in [0.4, 0.5) is 0 Å². The van der Waals surface area contributed by atoms with Gasteiger partial charge in [0.1, 0.15) is 5.65 Å². The number of pyridine rings is 1. The fraction of sp³-hybridized carbons (Fsp3) is 0.188. The van der Waals surface area contributed by atoms with Crippen LogP contribution in [-0.4, -0.2) is 22.6 Å². The van der Waals surface area contributed by atoms with Crippen LogP contribution in [-0.2, 0) is 0 Å². The highest BCUT2D eigenvalue weighted by Gasteiger charge is 2.12. The topological polar surface area (TPSA) is 35.8 Å². The van der Waals surface area contributed by atoms with E-state index in [0.29, 0.717) is 13.2 Å². The standard InChI is InChI=1S/C16H14N2O2/c1-2-7-18-11-13(17-16(18)4-1)12-5-6-14-15(10-12)20-9-3-8-19-14/h1-2,4-7,10-11H,3,8-9H2. The molecule has 0 saturated heterocycles. The zero-order chi connectivity index (χ0) is 13.4. The number of ether oxygens (including phenoxy) is 2. The first kappa shape index (κ1) is 11.3. The molecule has 100 valence electrons. The van der Waals surface area contributed by atoms with Crippen LogP contribution in [0.15, 0.2) is 48.8 Å². The summed E-state index contributed by atoms with van der Waals surface area (Å²) in [6, 6.07) is 12.0. The number of fused-ring (bicyclic) bond motifs is 2. The second-order valence-corrected chi connectivity index (χ2v) is 4.80.